The van der Waals surface area contributed by atoms with Crippen LogP contribution in [0.25, 0.3) is 0 Å². The number of carboxylic acid groups (broad SMARTS) is 1. The van der Waals surface area contributed by atoms with Crippen LogP contribution in [0.2, 0.25) is 0 Å². The first-order chi connectivity index (χ1) is 11.3. The van der Waals surface area contributed by atoms with Crippen molar-refractivity contribution in [1.82, 2.24) is 9.79 Å². The lowest BCUT2D eigenvalue weighted by atomic mass is 9.71. The van der Waals surface area contributed by atoms with Gasteiger partial charge in [-0.15, -0.1) is 5.48 Å². The highest BCUT2D eigenvalue weighted by molar-refractivity contribution is 7.94. The number of nitrogens with one attached hydrogen (secondary N) is 1. The molecule has 2 bridgehead atoms. The molecule has 0 saturated heterocycles. The van der Waals surface area contributed by atoms with E-state index in [0.717, 1.165) is 25.7 Å². The van der Waals surface area contributed by atoms with Crippen LogP contribution in [0.4, 0.5) is 0 Å². The van der Waals surface area contributed by atoms with Gasteiger partial charge in [0, 0.05) is 5.57 Å². The Morgan fingerprint density at radius 1 is 1.38 bits per heavy atom. The topological polar surface area (TPSA) is 113 Å². The number of carbonyl (C=O) groups is 2. The lowest BCUT2D eigenvalue weighted by molar-refractivity contribution is -0.148. The Morgan fingerprint density at radius 3 is 2.50 bits per heavy atom. The number of carbonyl (C=O) groups excluding carboxylic acids is 1. The predicted molar refractivity (Wildman–Crippen MR) is 81.4 cm³/mol. The van der Waals surface area contributed by atoms with E-state index in [-0.39, 0.29) is 16.7 Å². The van der Waals surface area contributed by atoms with Crippen molar-refractivity contribution in [1.29, 1.82) is 0 Å². The summed E-state index contributed by atoms with van der Waals surface area (Å²) >= 11 is 0. The number of sulfonamides is 1. The monoisotopic (exact) mass is 354 g/mol. The highest BCUT2D eigenvalue weighted by Gasteiger charge is 2.59. The average molecular weight is 354 g/mol. The van der Waals surface area contributed by atoms with Crippen LogP contribution in [0.15, 0.2) is 22.8 Å². The van der Waals surface area contributed by atoms with Crippen LogP contribution >= 0.6 is 0 Å². The average Bonchev–Trinajstić information content (AvgIpc) is 3.06. The molecule has 5 aliphatic rings. The van der Waals surface area contributed by atoms with Crippen molar-refractivity contribution < 1.29 is 28.0 Å². The van der Waals surface area contributed by atoms with Gasteiger partial charge in [0.05, 0.1) is 4.91 Å². The van der Waals surface area contributed by atoms with E-state index in [4.69, 9.17) is 4.84 Å². The van der Waals surface area contributed by atoms with Crippen molar-refractivity contribution in [3.8, 4) is 0 Å². The maximum atomic E-state index is 13.1. The molecule has 1 fully saturated rings. The van der Waals surface area contributed by atoms with Gasteiger partial charge in [0.15, 0.2) is 6.04 Å². The molecule has 0 aromatic carbocycles. The molecule has 3 aliphatic carbocycles. The van der Waals surface area contributed by atoms with E-state index in [2.05, 4.69) is 5.48 Å². The molecule has 0 spiro atoms. The molecule has 9 heteroatoms. The van der Waals surface area contributed by atoms with E-state index < -0.39 is 33.5 Å². The molecule has 5 rings (SSSR count). The van der Waals surface area contributed by atoms with E-state index in [1.807, 2.05) is 0 Å². The first kappa shape index (κ1) is 15.6. The van der Waals surface area contributed by atoms with Gasteiger partial charge in [0.2, 0.25) is 0 Å². The smallest absolute Gasteiger partial charge is 0.330 e. The van der Waals surface area contributed by atoms with Crippen molar-refractivity contribution in [2.45, 2.75) is 44.2 Å². The first-order valence-corrected chi connectivity index (χ1v) is 9.37. The standard InChI is InChI=1S/C15H18N2O6S/c1-15(6-7-23-16-15)12(14(19)20)17-13(18)10-8-2-4-9(5-3-8)11(10)24(17,21)22/h6-9,12,16H,2-5H2,1H3,(H,19,20). The molecule has 0 aromatic rings. The zero-order valence-electron chi connectivity index (χ0n) is 13.1. The van der Waals surface area contributed by atoms with Crippen LogP contribution in [0.3, 0.4) is 0 Å². The highest BCUT2D eigenvalue weighted by Crippen LogP contribution is 2.52. The third-order valence-corrected chi connectivity index (χ3v) is 7.54. The van der Waals surface area contributed by atoms with Gasteiger partial charge in [-0.2, -0.15) is 0 Å². The Labute approximate surface area is 139 Å². The fourth-order valence-electron chi connectivity index (χ4n) is 4.40. The van der Waals surface area contributed by atoms with E-state index in [1.165, 1.54) is 19.3 Å². The van der Waals surface area contributed by atoms with Crippen LogP contribution in [-0.4, -0.2) is 41.3 Å². The van der Waals surface area contributed by atoms with Gasteiger partial charge in [-0.05, 0) is 50.5 Å². The normalized spacial score (nSPS) is 37.5. The minimum atomic E-state index is -4.13. The van der Waals surface area contributed by atoms with Crippen molar-refractivity contribution in [2.24, 2.45) is 11.8 Å². The number of carboxylic acids is 1. The van der Waals surface area contributed by atoms with E-state index in [9.17, 15) is 23.1 Å². The van der Waals surface area contributed by atoms with Gasteiger partial charge >= 0.3 is 5.97 Å². The molecule has 2 heterocycles. The molecule has 24 heavy (non-hydrogen) atoms. The number of nitrogens with zero attached hydrogens (tertiary/aromatic N) is 1. The molecular formula is C15H18N2O6S. The van der Waals surface area contributed by atoms with Crippen LogP contribution in [0.1, 0.15) is 32.6 Å². The molecule has 1 amide bonds. The first-order valence-electron chi connectivity index (χ1n) is 7.93. The largest absolute Gasteiger partial charge is 0.480 e. The number of rotatable bonds is 3. The zero-order valence-corrected chi connectivity index (χ0v) is 13.9. The lowest BCUT2D eigenvalue weighted by Crippen LogP contribution is -2.61. The predicted octanol–water partition coefficient (Wildman–Crippen LogP) is 0.493. The second kappa shape index (κ2) is 4.82. The lowest BCUT2D eigenvalue weighted by Gasteiger charge is -2.35. The highest BCUT2D eigenvalue weighted by atomic mass is 32.2. The minimum absolute atomic E-state index is 0.0807. The molecule has 8 nitrogen and oxygen atoms in total. The number of hydrogen-bond acceptors (Lipinski definition) is 6. The van der Waals surface area contributed by atoms with Gasteiger partial charge in [-0.1, -0.05) is 0 Å². The summed E-state index contributed by atoms with van der Waals surface area (Å²) in [6, 6.07) is -1.61. The SMILES string of the molecule is CC1(C(C(=O)O)N2C(=O)C3=C(C4CCC3CC4)S2(=O)=O)C=CON1. The number of hydroxylamine groups is 1. The van der Waals surface area contributed by atoms with E-state index in [1.54, 1.807) is 0 Å². The molecule has 2 N–H and O–H groups in total. The fourth-order valence-corrected chi connectivity index (χ4v) is 6.71. The van der Waals surface area contributed by atoms with E-state index >= 15 is 0 Å². The number of hydrogen-bond donors (Lipinski definition) is 2. The maximum Gasteiger partial charge on any atom is 0.330 e. The van der Waals surface area contributed by atoms with Crippen LogP contribution in [0.5, 0.6) is 0 Å². The summed E-state index contributed by atoms with van der Waals surface area (Å²) in [6.07, 6.45) is 5.71. The molecule has 0 aromatic heterocycles. The molecule has 2 atom stereocenters. The number of aliphatic carboxylic acids is 1. The summed E-state index contributed by atoms with van der Waals surface area (Å²) < 4.78 is 26.7. The van der Waals surface area contributed by atoms with Gasteiger partial charge < -0.3 is 9.94 Å². The van der Waals surface area contributed by atoms with Gasteiger partial charge in [0.25, 0.3) is 15.9 Å². The molecule has 2 aliphatic heterocycles. The third-order valence-electron chi connectivity index (χ3n) is 5.54. The summed E-state index contributed by atoms with van der Waals surface area (Å²) in [6.45, 7) is 1.49. The molecule has 0 radical (unpaired) electrons. The number of fused-ring (bicyclic) bond motifs is 2. The Balaban J connectivity index is 1.84. The van der Waals surface area contributed by atoms with Gasteiger partial charge in [0.1, 0.15) is 11.8 Å². The number of allylic oxidation sites excluding steroid dienone is 1. The number of amides is 1. The maximum absolute atomic E-state index is 13.1. The van der Waals surface area contributed by atoms with Crippen molar-refractivity contribution in [3.05, 3.63) is 22.8 Å². The zero-order chi connectivity index (χ0) is 17.3. The Hall–Kier alpha value is -1.87. The van der Waals surface area contributed by atoms with Crippen LogP contribution in [0, 0.1) is 11.8 Å². The summed E-state index contributed by atoms with van der Waals surface area (Å²) in [5, 5.41) is 9.68. The van der Waals surface area contributed by atoms with Crippen molar-refractivity contribution >= 4 is 21.9 Å². The second-order valence-electron chi connectivity index (χ2n) is 6.98. The Bertz CT molecular complexity index is 793. The fraction of sp³-hybridized carbons (Fsp3) is 0.600. The molecular weight excluding hydrogens is 336 g/mol. The summed E-state index contributed by atoms with van der Waals surface area (Å²) in [4.78, 5) is 29.9. The Morgan fingerprint density at radius 2 is 2.00 bits per heavy atom. The summed E-state index contributed by atoms with van der Waals surface area (Å²) in [5.41, 5.74) is 1.48. The van der Waals surface area contributed by atoms with Crippen molar-refractivity contribution in [3.63, 3.8) is 0 Å². The second-order valence-corrected chi connectivity index (χ2v) is 8.76. The summed E-state index contributed by atoms with van der Waals surface area (Å²) in [5.74, 6) is -2.34. The quantitative estimate of drug-likeness (QED) is 0.758. The molecule has 130 valence electrons. The van der Waals surface area contributed by atoms with Gasteiger partial charge in [-0.25, -0.2) is 17.5 Å². The summed E-state index contributed by atoms with van der Waals surface area (Å²) in [7, 11) is -4.13. The Kier molecular flexibility index (Phi) is 3.14. The molecule has 1 saturated carbocycles. The van der Waals surface area contributed by atoms with Crippen LogP contribution in [-0.2, 0) is 24.4 Å². The third kappa shape index (κ3) is 1.85. The molecule has 2 unspecified atom stereocenters. The van der Waals surface area contributed by atoms with Gasteiger partial charge in [-0.3, -0.25) is 4.79 Å². The van der Waals surface area contributed by atoms with Crippen LogP contribution < -0.4 is 5.48 Å². The van der Waals surface area contributed by atoms with Crippen molar-refractivity contribution in [2.75, 3.05) is 0 Å². The minimum Gasteiger partial charge on any atom is -0.480 e. The van der Waals surface area contributed by atoms with E-state index in [0.29, 0.717) is 9.88 Å².